The van der Waals surface area contributed by atoms with E-state index in [2.05, 4.69) is 0 Å². The quantitative estimate of drug-likeness (QED) is 0.296. The smallest absolute Gasteiger partial charge is 0.449 e. The number of rotatable bonds is 6. The Kier molecular flexibility index (Phi) is 6.77. The van der Waals surface area contributed by atoms with Gasteiger partial charge in [-0.05, 0) is 48.4 Å². The van der Waals surface area contributed by atoms with Crippen LogP contribution in [-0.4, -0.2) is 17.2 Å². The Labute approximate surface area is 200 Å². The van der Waals surface area contributed by atoms with Gasteiger partial charge in [0.1, 0.15) is 0 Å². The van der Waals surface area contributed by atoms with Crippen LogP contribution in [0.25, 0.3) is 10.4 Å². The van der Waals surface area contributed by atoms with E-state index in [-0.39, 0.29) is 17.5 Å². The highest BCUT2D eigenvalue weighted by atomic mass is 35.5. The lowest BCUT2D eigenvalue weighted by atomic mass is 10.1. The molecular weight excluding hydrogens is 458 g/mol. The fourth-order valence-corrected chi connectivity index (χ4v) is 4.48. The van der Waals surface area contributed by atoms with Crippen LogP contribution in [0.3, 0.4) is 0 Å². The summed E-state index contributed by atoms with van der Waals surface area (Å²) in [6.45, 7) is 2.16. The molecule has 0 atom stereocenters. The minimum Gasteiger partial charge on any atom is -0.449 e. The van der Waals surface area contributed by atoms with E-state index in [1.165, 1.54) is 16.2 Å². The monoisotopic (exact) mass is 477 g/mol. The zero-order valence-electron chi connectivity index (χ0n) is 17.7. The number of nitrogens with zero attached hydrogens (tertiary/aromatic N) is 1. The molecule has 0 aliphatic heterocycles. The van der Waals surface area contributed by atoms with Gasteiger partial charge in [-0.2, -0.15) is 0 Å². The van der Waals surface area contributed by atoms with Crippen molar-refractivity contribution in [3.05, 3.63) is 107 Å². The number of carbonyl (C=O) groups excluding carboxylic acids is 1. The lowest BCUT2D eigenvalue weighted by Crippen LogP contribution is -2.30. The zero-order chi connectivity index (χ0) is 23.4. The van der Waals surface area contributed by atoms with Gasteiger partial charge in [0.25, 0.3) is 5.91 Å². The molecule has 0 radical (unpaired) electrons. The van der Waals surface area contributed by atoms with E-state index < -0.39 is 6.16 Å². The van der Waals surface area contributed by atoms with Crippen molar-refractivity contribution >= 4 is 40.7 Å². The molecule has 0 unspecified atom stereocenters. The zero-order valence-corrected chi connectivity index (χ0v) is 19.3. The first-order chi connectivity index (χ1) is 15.9. The maximum absolute atomic E-state index is 13.6. The Morgan fingerprint density at radius 1 is 0.970 bits per heavy atom. The molecule has 1 aromatic heterocycles. The average Bonchev–Trinajstić information content (AvgIpc) is 3.22. The molecule has 0 saturated carbocycles. The van der Waals surface area contributed by atoms with E-state index in [9.17, 15) is 14.7 Å². The molecule has 0 bridgehead atoms. The Morgan fingerprint density at radius 3 is 2.27 bits per heavy atom. The largest absolute Gasteiger partial charge is 0.512 e. The maximum atomic E-state index is 13.6. The molecule has 1 N–H and O–H groups in total. The first kappa shape index (κ1) is 22.6. The van der Waals surface area contributed by atoms with Gasteiger partial charge in [0.2, 0.25) is 5.06 Å². The van der Waals surface area contributed by atoms with Crippen LogP contribution in [0.1, 0.15) is 21.5 Å². The summed E-state index contributed by atoms with van der Waals surface area (Å²) in [5.74, 6) is -0.266. The fraction of sp³-hybridized carbons (Fsp3) is 0.0769. The summed E-state index contributed by atoms with van der Waals surface area (Å²) in [5.41, 5.74) is 3.66. The van der Waals surface area contributed by atoms with Gasteiger partial charge in [0.15, 0.2) is 0 Å². The van der Waals surface area contributed by atoms with Crippen LogP contribution in [0, 0.1) is 6.92 Å². The molecule has 7 heteroatoms. The SMILES string of the molecule is Cc1ccc(C(=O)N(Cc2ccc(Cl)cc2)c2cc(-c3ccccc3)sc2OC(=O)O)cc1. The first-order valence-electron chi connectivity index (χ1n) is 10.1. The van der Waals surface area contributed by atoms with Crippen molar-refractivity contribution in [3.63, 3.8) is 0 Å². The predicted molar refractivity (Wildman–Crippen MR) is 132 cm³/mol. The van der Waals surface area contributed by atoms with Crippen LogP contribution in [0.4, 0.5) is 10.5 Å². The number of ether oxygens (including phenoxy) is 1. The number of carbonyl (C=O) groups is 2. The van der Waals surface area contributed by atoms with Crippen LogP contribution >= 0.6 is 22.9 Å². The predicted octanol–water partition coefficient (Wildman–Crippen LogP) is 7.28. The first-order valence-corrected chi connectivity index (χ1v) is 11.3. The number of amides is 1. The molecule has 1 amide bonds. The Hall–Kier alpha value is -3.61. The Morgan fingerprint density at radius 2 is 1.64 bits per heavy atom. The van der Waals surface area contributed by atoms with Gasteiger partial charge in [-0.15, -0.1) is 0 Å². The Balaban J connectivity index is 1.81. The van der Waals surface area contributed by atoms with Gasteiger partial charge < -0.3 is 9.84 Å². The second kappa shape index (κ2) is 9.90. The van der Waals surface area contributed by atoms with Crippen molar-refractivity contribution in [1.29, 1.82) is 0 Å². The number of thiophene rings is 1. The molecule has 5 nitrogen and oxygen atoms in total. The van der Waals surface area contributed by atoms with Gasteiger partial charge in [-0.1, -0.05) is 83.1 Å². The third kappa shape index (κ3) is 5.42. The third-order valence-electron chi connectivity index (χ3n) is 5.01. The van der Waals surface area contributed by atoms with Crippen LogP contribution < -0.4 is 9.64 Å². The van der Waals surface area contributed by atoms with Crippen LogP contribution in [0.2, 0.25) is 5.02 Å². The number of hydrogen-bond donors (Lipinski definition) is 1. The second-order valence-electron chi connectivity index (χ2n) is 7.40. The van der Waals surface area contributed by atoms with E-state index in [1.807, 2.05) is 61.5 Å². The van der Waals surface area contributed by atoms with Gasteiger partial charge in [0, 0.05) is 15.5 Å². The summed E-state index contributed by atoms with van der Waals surface area (Å²) in [4.78, 5) is 27.4. The average molecular weight is 478 g/mol. The molecule has 4 rings (SSSR count). The van der Waals surface area contributed by atoms with Crippen molar-refractivity contribution in [2.24, 2.45) is 0 Å². The maximum Gasteiger partial charge on any atom is 0.512 e. The van der Waals surface area contributed by atoms with Crippen molar-refractivity contribution in [2.75, 3.05) is 4.90 Å². The highest BCUT2D eigenvalue weighted by Gasteiger charge is 2.26. The molecule has 0 saturated heterocycles. The van der Waals surface area contributed by atoms with Crippen molar-refractivity contribution in [1.82, 2.24) is 0 Å². The van der Waals surface area contributed by atoms with E-state index in [4.69, 9.17) is 16.3 Å². The fourth-order valence-electron chi connectivity index (χ4n) is 3.34. The normalized spacial score (nSPS) is 10.6. The molecule has 0 aliphatic carbocycles. The number of halogens is 1. The molecule has 33 heavy (non-hydrogen) atoms. The minimum atomic E-state index is -1.44. The summed E-state index contributed by atoms with van der Waals surface area (Å²) in [6, 6.07) is 25.8. The summed E-state index contributed by atoms with van der Waals surface area (Å²) >= 11 is 7.21. The van der Waals surface area contributed by atoms with E-state index in [0.29, 0.717) is 16.3 Å². The van der Waals surface area contributed by atoms with Gasteiger partial charge in [-0.3, -0.25) is 9.69 Å². The highest BCUT2D eigenvalue weighted by molar-refractivity contribution is 7.18. The Bertz CT molecular complexity index is 1270. The molecule has 0 spiro atoms. The number of aryl methyl sites for hydroxylation is 1. The van der Waals surface area contributed by atoms with Crippen LogP contribution in [0.5, 0.6) is 5.06 Å². The summed E-state index contributed by atoms with van der Waals surface area (Å²) in [6.07, 6.45) is -1.44. The van der Waals surface area contributed by atoms with Gasteiger partial charge >= 0.3 is 6.16 Å². The third-order valence-corrected chi connectivity index (χ3v) is 6.31. The topological polar surface area (TPSA) is 66.8 Å². The van der Waals surface area contributed by atoms with E-state index in [1.54, 1.807) is 30.3 Å². The molecular formula is C26H20ClNO4S. The molecule has 166 valence electrons. The lowest BCUT2D eigenvalue weighted by Gasteiger charge is -2.23. The van der Waals surface area contributed by atoms with Crippen LogP contribution in [0.15, 0.2) is 84.9 Å². The van der Waals surface area contributed by atoms with Crippen molar-refractivity contribution in [2.45, 2.75) is 13.5 Å². The molecule has 0 fully saturated rings. The number of hydrogen-bond acceptors (Lipinski definition) is 4. The van der Waals surface area contributed by atoms with E-state index >= 15 is 0 Å². The number of carboxylic acid groups (broad SMARTS) is 1. The molecule has 0 aliphatic rings. The lowest BCUT2D eigenvalue weighted by molar-refractivity contribution is 0.0983. The molecule has 4 aromatic rings. The van der Waals surface area contributed by atoms with Gasteiger partial charge in [-0.25, -0.2) is 4.79 Å². The summed E-state index contributed by atoms with van der Waals surface area (Å²) < 4.78 is 5.11. The molecule has 1 heterocycles. The number of benzene rings is 3. The minimum absolute atomic E-state index is 0.135. The second-order valence-corrected chi connectivity index (χ2v) is 8.85. The van der Waals surface area contributed by atoms with E-state index in [0.717, 1.165) is 21.6 Å². The highest BCUT2D eigenvalue weighted by Crippen LogP contribution is 2.44. The van der Waals surface area contributed by atoms with Crippen molar-refractivity contribution < 1.29 is 19.4 Å². The van der Waals surface area contributed by atoms with Gasteiger partial charge in [0.05, 0.1) is 12.2 Å². The molecule has 3 aromatic carbocycles. The summed E-state index contributed by atoms with van der Waals surface area (Å²) in [5, 5.41) is 10.1. The van der Waals surface area contributed by atoms with Crippen LogP contribution in [-0.2, 0) is 6.54 Å². The van der Waals surface area contributed by atoms with Crippen molar-refractivity contribution in [3.8, 4) is 15.5 Å². The number of anilines is 1. The standard InChI is InChI=1S/C26H20ClNO4S/c1-17-7-11-20(12-8-17)24(29)28(16-18-9-13-21(27)14-10-18)22-15-23(19-5-3-2-4-6-19)33-25(22)32-26(30)31/h2-15H,16H2,1H3,(H,30,31). The summed E-state index contributed by atoms with van der Waals surface area (Å²) in [7, 11) is 0.